The molecule has 1 amide bonds. The summed E-state index contributed by atoms with van der Waals surface area (Å²) in [6.07, 6.45) is 3.70. The third-order valence-corrected chi connectivity index (χ3v) is 5.10. The van der Waals surface area contributed by atoms with Gasteiger partial charge in [-0.1, -0.05) is 37.3 Å². The molecule has 25 heavy (non-hydrogen) atoms. The topological polar surface area (TPSA) is 42.8 Å². The van der Waals surface area contributed by atoms with E-state index >= 15 is 0 Å². The summed E-state index contributed by atoms with van der Waals surface area (Å²) in [5.41, 5.74) is 0. The maximum Gasteiger partial charge on any atom is 0.257 e. The third kappa shape index (κ3) is 5.46. The summed E-state index contributed by atoms with van der Waals surface area (Å²) in [6, 6.07) is 14.0. The predicted molar refractivity (Wildman–Crippen MR) is 101 cm³/mol. The Morgan fingerprint density at radius 1 is 1.16 bits per heavy atom. The molecule has 0 atom stereocenters. The van der Waals surface area contributed by atoms with Gasteiger partial charge in [-0.25, -0.2) is 0 Å². The zero-order valence-electron chi connectivity index (χ0n) is 15.1. The van der Waals surface area contributed by atoms with Crippen molar-refractivity contribution >= 4 is 16.7 Å². The molecular formula is C21H29N2O2+. The fraction of sp³-hybridized carbons (Fsp3) is 0.476. The van der Waals surface area contributed by atoms with Crippen molar-refractivity contribution in [3.05, 3.63) is 42.5 Å². The van der Waals surface area contributed by atoms with Crippen LogP contribution >= 0.6 is 0 Å². The summed E-state index contributed by atoms with van der Waals surface area (Å²) in [5, 5.41) is 5.26. The van der Waals surface area contributed by atoms with Crippen LogP contribution in [0, 0.1) is 5.92 Å². The Labute approximate surface area is 150 Å². The van der Waals surface area contributed by atoms with Crippen LogP contribution in [-0.4, -0.2) is 38.7 Å². The van der Waals surface area contributed by atoms with E-state index in [0.29, 0.717) is 0 Å². The van der Waals surface area contributed by atoms with E-state index < -0.39 is 0 Å². The highest BCUT2D eigenvalue weighted by molar-refractivity contribution is 5.84. The summed E-state index contributed by atoms with van der Waals surface area (Å²) in [7, 11) is 0. The van der Waals surface area contributed by atoms with Gasteiger partial charge in [-0.3, -0.25) is 4.79 Å². The monoisotopic (exact) mass is 341 g/mol. The molecule has 2 aromatic carbocycles. The lowest BCUT2D eigenvalue weighted by molar-refractivity contribution is -0.906. The minimum absolute atomic E-state index is 0.0459. The number of nitrogens with one attached hydrogen (secondary N) is 2. The lowest BCUT2D eigenvalue weighted by atomic mass is 9.99. The Morgan fingerprint density at radius 3 is 2.72 bits per heavy atom. The van der Waals surface area contributed by atoms with Crippen LogP contribution in [0.15, 0.2) is 42.5 Å². The molecule has 134 valence electrons. The van der Waals surface area contributed by atoms with Crippen LogP contribution in [0.1, 0.15) is 26.2 Å². The van der Waals surface area contributed by atoms with Gasteiger partial charge in [0.15, 0.2) is 6.61 Å². The van der Waals surface area contributed by atoms with Crippen LogP contribution in [0.2, 0.25) is 0 Å². The van der Waals surface area contributed by atoms with Gasteiger partial charge in [-0.15, -0.1) is 0 Å². The minimum atomic E-state index is -0.0459. The third-order valence-electron chi connectivity index (χ3n) is 5.10. The maximum atomic E-state index is 11.9. The SMILES string of the molecule is CC1CC[NH+](CCCNC(=O)COc2ccc3ccccc3c2)CC1. The molecule has 3 rings (SSSR count). The van der Waals surface area contributed by atoms with Crippen LogP contribution in [0.4, 0.5) is 0 Å². The standard InChI is InChI=1S/C21H28N2O2/c1-17-9-13-23(14-10-17)12-4-11-22-21(24)16-25-20-8-7-18-5-2-3-6-19(18)15-20/h2-3,5-8,15,17H,4,9-14,16H2,1H3,(H,22,24)/p+1. The Bertz CT molecular complexity index is 693. The lowest BCUT2D eigenvalue weighted by Crippen LogP contribution is -3.13. The molecule has 2 aromatic rings. The number of rotatable bonds is 7. The Morgan fingerprint density at radius 2 is 1.92 bits per heavy atom. The smallest absolute Gasteiger partial charge is 0.257 e. The van der Waals surface area contributed by atoms with E-state index in [4.69, 9.17) is 4.74 Å². The second kappa shape index (κ2) is 8.86. The van der Waals surface area contributed by atoms with E-state index in [9.17, 15) is 4.79 Å². The summed E-state index contributed by atoms with van der Waals surface area (Å²) in [6.45, 7) is 6.86. The number of carbonyl (C=O) groups excluding carboxylic acids is 1. The van der Waals surface area contributed by atoms with Crippen molar-refractivity contribution < 1.29 is 14.4 Å². The number of benzene rings is 2. The van der Waals surface area contributed by atoms with E-state index in [1.807, 2.05) is 36.4 Å². The Hall–Kier alpha value is -2.07. The van der Waals surface area contributed by atoms with Gasteiger partial charge in [0.25, 0.3) is 5.91 Å². The van der Waals surface area contributed by atoms with Crippen LogP contribution in [-0.2, 0) is 4.79 Å². The van der Waals surface area contributed by atoms with E-state index in [1.165, 1.54) is 31.3 Å². The van der Waals surface area contributed by atoms with Gasteiger partial charge < -0.3 is 15.0 Å². The number of amides is 1. The summed E-state index contributed by atoms with van der Waals surface area (Å²) < 4.78 is 5.62. The number of ether oxygens (including phenoxy) is 1. The summed E-state index contributed by atoms with van der Waals surface area (Å²) in [4.78, 5) is 13.6. The van der Waals surface area contributed by atoms with Gasteiger partial charge in [0.05, 0.1) is 19.6 Å². The highest BCUT2D eigenvalue weighted by atomic mass is 16.5. The van der Waals surface area contributed by atoms with E-state index in [2.05, 4.69) is 18.3 Å². The van der Waals surface area contributed by atoms with E-state index in [0.717, 1.165) is 36.6 Å². The zero-order chi connectivity index (χ0) is 17.5. The van der Waals surface area contributed by atoms with Crippen molar-refractivity contribution in [3.63, 3.8) is 0 Å². The Balaban J connectivity index is 1.33. The molecule has 0 unspecified atom stereocenters. The van der Waals surface area contributed by atoms with E-state index in [-0.39, 0.29) is 12.5 Å². The molecule has 0 saturated carbocycles. The average Bonchev–Trinajstić information content (AvgIpc) is 2.65. The van der Waals surface area contributed by atoms with Crippen LogP contribution in [0.25, 0.3) is 10.8 Å². The number of quaternary nitrogens is 1. The molecule has 0 radical (unpaired) electrons. The lowest BCUT2D eigenvalue weighted by Gasteiger charge is -2.27. The molecule has 0 aromatic heterocycles. The highest BCUT2D eigenvalue weighted by Crippen LogP contribution is 2.20. The zero-order valence-corrected chi connectivity index (χ0v) is 15.1. The molecule has 0 spiro atoms. The van der Waals surface area contributed by atoms with Gasteiger partial charge in [0, 0.05) is 13.0 Å². The highest BCUT2D eigenvalue weighted by Gasteiger charge is 2.18. The molecule has 1 aliphatic heterocycles. The largest absolute Gasteiger partial charge is 0.484 e. The Kier molecular flexibility index (Phi) is 6.29. The number of fused-ring (bicyclic) bond motifs is 1. The van der Waals surface area contributed by atoms with Crippen molar-refractivity contribution in [2.45, 2.75) is 26.2 Å². The number of likely N-dealkylation sites (tertiary alicyclic amines) is 1. The average molecular weight is 341 g/mol. The second-order valence-corrected chi connectivity index (χ2v) is 7.18. The first kappa shape index (κ1) is 17.7. The maximum absolute atomic E-state index is 11.9. The van der Waals surface area contributed by atoms with Gasteiger partial charge in [-0.05, 0) is 41.7 Å². The molecule has 1 fully saturated rings. The van der Waals surface area contributed by atoms with Crippen LogP contribution < -0.4 is 15.0 Å². The van der Waals surface area contributed by atoms with Crippen molar-refractivity contribution in [1.82, 2.24) is 5.32 Å². The van der Waals surface area contributed by atoms with Crippen molar-refractivity contribution in [3.8, 4) is 5.75 Å². The first-order valence-corrected chi connectivity index (χ1v) is 9.42. The normalized spacial score (nSPS) is 20.4. The van der Waals surface area contributed by atoms with Crippen LogP contribution in [0.3, 0.4) is 0 Å². The fourth-order valence-corrected chi connectivity index (χ4v) is 3.44. The van der Waals surface area contributed by atoms with Gasteiger partial charge in [0.1, 0.15) is 5.75 Å². The minimum Gasteiger partial charge on any atom is -0.484 e. The van der Waals surface area contributed by atoms with Crippen molar-refractivity contribution in [2.24, 2.45) is 5.92 Å². The number of carbonyl (C=O) groups is 1. The quantitative estimate of drug-likeness (QED) is 0.757. The molecule has 0 aliphatic carbocycles. The molecule has 1 saturated heterocycles. The molecule has 4 heteroatoms. The number of hydrogen-bond donors (Lipinski definition) is 2. The van der Waals surface area contributed by atoms with Crippen LogP contribution in [0.5, 0.6) is 5.75 Å². The number of hydrogen-bond acceptors (Lipinski definition) is 2. The first-order chi connectivity index (χ1) is 12.2. The van der Waals surface area contributed by atoms with Crippen molar-refractivity contribution in [1.29, 1.82) is 0 Å². The van der Waals surface area contributed by atoms with E-state index in [1.54, 1.807) is 4.90 Å². The van der Waals surface area contributed by atoms with Gasteiger partial charge in [0.2, 0.25) is 0 Å². The summed E-state index contributed by atoms with van der Waals surface area (Å²) >= 11 is 0. The predicted octanol–water partition coefficient (Wildman–Crippen LogP) is 2.04. The molecule has 1 heterocycles. The fourth-order valence-electron chi connectivity index (χ4n) is 3.44. The molecular weight excluding hydrogens is 312 g/mol. The summed E-state index contributed by atoms with van der Waals surface area (Å²) in [5.74, 6) is 1.58. The van der Waals surface area contributed by atoms with Gasteiger partial charge in [-0.2, -0.15) is 0 Å². The first-order valence-electron chi connectivity index (χ1n) is 9.42. The second-order valence-electron chi connectivity index (χ2n) is 7.18. The molecule has 4 nitrogen and oxygen atoms in total. The molecule has 1 aliphatic rings. The van der Waals surface area contributed by atoms with Crippen molar-refractivity contribution in [2.75, 3.05) is 32.8 Å². The molecule has 0 bridgehead atoms. The van der Waals surface area contributed by atoms with Gasteiger partial charge >= 0.3 is 0 Å². The number of piperidine rings is 1. The molecule has 2 N–H and O–H groups in total.